The lowest BCUT2D eigenvalue weighted by Gasteiger charge is -2.63. The molecule has 0 radical (unpaired) electrons. The Kier molecular flexibility index (Phi) is 5.78. The van der Waals surface area contributed by atoms with Gasteiger partial charge in [-0.2, -0.15) is 0 Å². The van der Waals surface area contributed by atoms with Gasteiger partial charge in [0.1, 0.15) is 6.10 Å². The smallest absolute Gasteiger partial charge is 0.309 e. The molecule has 4 aliphatic carbocycles. The Morgan fingerprint density at radius 3 is 2.25 bits per heavy atom. The monoisotopic (exact) mass is 502 g/mol. The number of aliphatic hydroxyl groups excluding tert-OH is 2. The fraction of sp³-hybridized carbons (Fsp3) is 0.867. The number of ether oxygens (including phenoxy) is 1. The van der Waals surface area contributed by atoms with Gasteiger partial charge in [0.05, 0.1) is 23.7 Å². The molecule has 3 N–H and O–H groups in total. The summed E-state index contributed by atoms with van der Waals surface area (Å²) >= 11 is 0. The van der Waals surface area contributed by atoms with Crippen LogP contribution in [0.15, 0.2) is 11.6 Å². The van der Waals surface area contributed by atoms with Gasteiger partial charge in [-0.05, 0) is 87.0 Å². The van der Waals surface area contributed by atoms with Crippen LogP contribution in [0.1, 0.15) is 93.4 Å². The topological polar surface area (TPSA) is 104 Å². The van der Waals surface area contributed by atoms with Crippen LogP contribution in [-0.2, 0) is 14.3 Å². The van der Waals surface area contributed by atoms with Crippen LogP contribution < -0.4 is 0 Å². The zero-order valence-electron chi connectivity index (χ0n) is 23.1. The lowest BCUT2D eigenvalue weighted by atomic mass is 9.40. The third kappa shape index (κ3) is 3.32. The van der Waals surface area contributed by atoms with E-state index < -0.39 is 40.7 Å². The number of carbonyl (C=O) groups is 2. The molecule has 0 amide bonds. The highest BCUT2D eigenvalue weighted by molar-refractivity contribution is 5.95. The third-order valence-corrected chi connectivity index (χ3v) is 12.1. The number of rotatable bonds is 2. The van der Waals surface area contributed by atoms with Crippen LogP contribution in [0.4, 0.5) is 0 Å². The number of fused-ring (bicyclic) bond motifs is 5. The van der Waals surface area contributed by atoms with Crippen molar-refractivity contribution in [2.75, 3.05) is 0 Å². The highest BCUT2D eigenvalue weighted by atomic mass is 16.6. The first-order valence-corrected chi connectivity index (χ1v) is 14.0. The zero-order chi connectivity index (χ0) is 26.6. The Labute approximate surface area is 215 Å². The first kappa shape index (κ1) is 26.4. The van der Waals surface area contributed by atoms with Crippen molar-refractivity contribution in [3.05, 3.63) is 11.6 Å². The molecule has 5 rings (SSSR count). The second kappa shape index (κ2) is 7.89. The Morgan fingerprint density at radius 1 is 0.972 bits per heavy atom. The summed E-state index contributed by atoms with van der Waals surface area (Å²) in [6.45, 7) is 14.1. The number of hydrogen-bond acceptors (Lipinski definition) is 6. The van der Waals surface area contributed by atoms with Crippen molar-refractivity contribution in [1.82, 2.24) is 0 Å². The average Bonchev–Trinajstić information content (AvgIpc) is 2.96. The van der Waals surface area contributed by atoms with Crippen molar-refractivity contribution in [3.63, 3.8) is 0 Å². The summed E-state index contributed by atoms with van der Waals surface area (Å²) in [5.41, 5.74) is -1.36. The summed E-state index contributed by atoms with van der Waals surface area (Å²) in [4.78, 5) is 27.0. The minimum atomic E-state index is -1.09. The Balaban J connectivity index is 1.51. The maximum absolute atomic E-state index is 13.8. The number of aliphatic hydroxyl groups is 3. The van der Waals surface area contributed by atoms with Crippen LogP contribution in [0.2, 0.25) is 0 Å². The van der Waals surface area contributed by atoms with Crippen LogP contribution in [0.3, 0.4) is 0 Å². The van der Waals surface area contributed by atoms with Gasteiger partial charge in [0.25, 0.3) is 0 Å². The molecular formula is C30H46O6. The summed E-state index contributed by atoms with van der Waals surface area (Å²) in [5.74, 6) is -0.841. The van der Waals surface area contributed by atoms with Gasteiger partial charge in [-0.3, -0.25) is 9.59 Å². The molecule has 36 heavy (non-hydrogen) atoms. The van der Waals surface area contributed by atoms with E-state index in [-0.39, 0.29) is 40.3 Å². The first-order valence-electron chi connectivity index (χ1n) is 14.0. The normalized spacial score (nSPS) is 50.5. The van der Waals surface area contributed by atoms with Crippen LogP contribution in [-0.4, -0.2) is 51.0 Å². The lowest BCUT2D eigenvalue weighted by Crippen LogP contribution is -2.61. The maximum Gasteiger partial charge on any atom is 0.309 e. The van der Waals surface area contributed by atoms with Gasteiger partial charge < -0.3 is 20.1 Å². The lowest BCUT2D eigenvalue weighted by molar-refractivity contribution is -0.185. The molecular weight excluding hydrogens is 456 g/mol. The van der Waals surface area contributed by atoms with E-state index in [1.807, 2.05) is 19.9 Å². The molecule has 1 saturated heterocycles. The molecule has 202 valence electrons. The quantitative estimate of drug-likeness (QED) is 0.489. The van der Waals surface area contributed by atoms with Crippen LogP contribution in [0, 0.1) is 45.3 Å². The minimum Gasteiger partial charge on any atom is -0.459 e. The standard InChI is InChI=1S/C30H46O6/c1-26(2)21(33)11-12-28(5)17-10-13-29(6)23(16-8-9-22(27(3,4)35)36-25(16)34)20(32)15-30(29,7)18(17)14-19(31)24(26)28/h14,16-17,20-24,32-33,35H,8-13,15H2,1-7H3/t16-,17-,20-,21-,22-,23+,24-,28+,29-,30+/m0/s1. The second-order valence-electron chi connectivity index (χ2n) is 14.7. The van der Waals surface area contributed by atoms with Crippen LogP contribution in [0.25, 0.3) is 0 Å². The van der Waals surface area contributed by atoms with Crippen LogP contribution in [0.5, 0.6) is 0 Å². The number of carbonyl (C=O) groups excluding carboxylic acids is 2. The number of allylic oxidation sites excluding steroid dienone is 2. The van der Waals surface area contributed by atoms with Crippen molar-refractivity contribution in [1.29, 1.82) is 0 Å². The molecule has 5 aliphatic rings. The SMILES string of the molecule is CC(C)(O)[C@@H]1CC[C@@H]([C@@H]2[C@@H](O)C[C@]3(C)C4=CC(=O)[C@H]5C(C)(C)[C@@H](O)CC[C@]5(C)[C@H]4CC[C@@]23C)C(=O)O1. The number of ketones is 1. The van der Waals surface area contributed by atoms with Crippen molar-refractivity contribution in [2.24, 2.45) is 45.3 Å². The Morgan fingerprint density at radius 2 is 1.64 bits per heavy atom. The van der Waals surface area contributed by atoms with Gasteiger partial charge in [-0.15, -0.1) is 0 Å². The summed E-state index contributed by atoms with van der Waals surface area (Å²) in [5, 5.41) is 32.7. The van der Waals surface area contributed by atoms with Gasteiger partial charge >= 0.3 is 5.97 Å². The van der Waals surface area contributed by atoms with E-state index in [0.717, 1.165) is 24.8 Å². The predicted molar refractivity (Wildman–Crippen MR) is 136 cm³/mol. The van der Waals surface area contributed by atoms with Crippen molar-refractivity contribution >= 4 is 11.8 Å². The highest BCUT2D eigenvalue weighted by Crippen LogP contribution is 2.73. The first-order chi connectivity index (χ1) is 16.5. The molecule has 0 aromatic heterocycles. The molecule has 4 fully saturated rings. The predicted octanol–water partition coefficient (Wildman–Crippen LogP) is 4.20. The fourth-order valence-electron chi connectivity index (χ4n) is 9.97. The molecule has 6 nitrogen and oxygen atoms in total. The molecule has 0 unspecified atom stereocenters. The zero-order valence-corrected chi connectivity index (χ0v) is 23.1. The molecule has 1 aliphatic heterocycles. The Bertz CT molecular complexity index is 992. The van der Waals surface area contributed by atoms with Crippen LogP contribution >= 0.6 is 0 Å². The summed E-state index contributed by atoms with van der Waals surface area (Å²) in [6.07, 6.45) is 5.24. The van der Waals surface area contributed by atoms with E-state index in [2.05, 4.69) is 20.8 Å². The third-order valence-electron chi connectivity index (χ3n) is 12.1. The molecule has 10 atom stereocenters. The minimum absolute atomic E-state index is 0.112. The van der Waals surface area contributed by atoms with Gasteiger partial charge in [0.15, 0.2) is 5.78 Å². The summed E-state index contributed by atoms with van der Waals surface area (Å²) < 4.78 is 5.73. The molecule has 0 aromatic rings. The van der Waals surface area contributed by atoms with E-state index >= 15 is 0 Å². The average molecular weight is 503 g/mol. The number of hydrogen-bond donors (Lipinski definition) is 3. The molecule has 0 aromatic carbocycles. The van der Waals surface area contributed by atoms with Gasteiger partial charge in [-0.1, -0.05) is 40.2 Å². The van der Waals surface area contributed by atoms with E-state index in [9.17, 15) is 24.9 Å². The maximum atomic E-state index is 13.8. The highest BCUT2D eigenvalue weighted by Gasteiger charge is 2.69. The van der Waals surface area contributed by atoms with Crippen molar-refractivity contribution in [2.45, 2.75) is 117 Å². The second-order valence-corrected chi connectivity index (χ2v) is 14.7. The largest absolute Gasteiger partial charge is 0.459 e. The number of esters is 1. The van der Waals surface area contributed by atoms with E-state index in [4.69, 9.17) is 4.74 Å². The fourth-order valence-corrected chi connectivity index (χ4v) is 9.97. The molecule has 0 spiro atoms. The number of cyclic esters (lactones) is 1. The molecule has 1 heterocycles. The van der Waals surface area contributed by atoms with Crippen molar-refractivity contribution in [3.8, 4) is 0 Å². The van der Waals surface area contributed by atoms with Gasteiger partial charge in [0, 0.05) is 17.3 Å². The molecule has 0 bridgehead atoms. The van der Waals surface area contributed by atoms with E-state index in [1.54, 1.807) is 13.8 Å². The molecule has 6 heteroatoms. The van der Waals surface area contributed by atoms with Gasteiger partial charge in [0.2, 0.25) is 0 Å². The van der Waals surface area contributed by atoms with Gasteiger partial charge in [-0.25, -0.2) is 0 Å². The van der Waals surface area contributed by atoms with Crippen molar-refractivity contribution < 1.29 is 29.6 Å². The summed E-state index contributed by atoms with van der Waals surface area (Å²) in [7, 11) is 0. The molecule has 3 saturated carbocycles. The van der Waals surface area contributed by atoms with E-state index in [1.165, 1.54) is 0 Å². The Hall–Kier alpha value is -1.24. The van der Waals surface area contributed by atoms with E-state index in [0.29, 0.717) is 25.7 Å². The summed E-state index contributed by atoms with van der Waals surface area (Å²) in [6, 6.07) is 0.